The van der Waals surface area contributed by atoms with Crippen molar-refractivity contribution in [3.63, 3.8) is 0 Å². The van der Waals surface area contributed by atoms with Crippen LogP contribution in [0.2, 0.25) is 0 Å². The molecule has 4 nitrogen and oxygen atoms in total. The van der Waals surface area contributed by atoms with Gasteiger partial charge in [0.1, 0.15) is 0 Å². The lowest BCUT2D eigenvalue weighted by molar-refractivity contribution is -0.141. The first-order valence-electron chi connectivity index (χ1n) is 7.19. The molecule has 1 rings (SSSR count). The smallest absolute Gasteiger partial charge is 0.306 e. The van der Waals surface area contributed by atoms with Crippen molar-refractivity contribution in [2.75, 3.05) is 5.75 Å². The number of nitrogens with one attached hydrogen (secondary N) is 1. The zero-order chi connectivity index (χ0) is 15.7. The van der Waals surface area contributed by atoms with Crippen molar-refractivity contribution in [3.8, 4) is 0 Å². The summed E-state index contributed by atoms with van der Waals surface area (Å²) in [5.74, 6) is -0.657. The molecule has 0 saturated carbocycles. The molecule has 0 aliphatic heterocycles. The highest BCUT2D eigenvalue weighted by Crippen LogP contribution is 2.16. The summed E-state index contributed by atoms with van der Waals surface area (Å²) in [6, 6.07) is 9.89. The lowest BCUT2D eigenvalue weighted by Crippen LogP contribution is -2.33. The number of carbonyl (C=O) groups excluding carboxylic acids is 1. The number of carboxylic acids is 1. The molecular weight excluding hydrogens is 286 g/mol. The summed E-state index contributed by atoms with van der Waals surface area (Å²) in [7, 11) is 0. The third-order valence-electron chi connectivity index (χ3n) is 3.22. The molecule has 1 aromatic carbocycles. The summed E-state index contributed by atoms with van der Waals surface area (Å²) >= 11 is 1.51. The summed E-state index contributed by atoms with van der Waals surface area (Å²) in [6.07, 6.45) is 2.26. The first-order chi connectivity index (χ1) is 9.99. The van der Waals surface area contributed by atoms with Crippen LogP contribution in [0.25, 0.3) is 0 Å². The topological polar surface area (TPSA) is 66.4 Å². The van der Waals surface area contributed by atoms with Gasteiger partial charge >= 0.3 is 5.97 Å². The van der Waals surface area contributed by atoms with Crippen molar-refractivity contribution in [3.05, 3.63) is 30.3 Å². The van der Waals surface area contributed by atoms with Gasteiger partial charge in [-0.15, -0.1) is 11.8 Å². The van der Waals surface area contributed by atoms with Gasteiger partial charge < -0.3 is 10.4 Å². The van der Waals surface area contributed by atoms with E-state index in [-0.39, 0.29) is 17.9 Å². The van der Waals surface area contributed by atoms with E-state index >= 15 is 0 Å². The van der Waals surface area contributed by atoms with Crippen LogP contribution in [-0.4, -0.2) is 28.8 Å². The Labute approximate surface area is 130 Å². The maximum Gasteiger partial charge on any atom is 0.306 e. The number of hydrogen-bond acceptors (Lipinski definition) is 3. The van der Waals surface area contributed by atoms with Crippen molar-refractivity contribution in [1.29, 1.82) is 0 Å². The average Bonchev–Trinajstić information content (AvgIpc) is 2.46. The Morgan fingerprint density at radius 3 is 2.48 bits per heavy atom. The second-order valence-electron chi connectivity index (χ2n) is 5.24. The molecule has 0 spiro atoms. The molecule has 2 unspecified atom stereocenters. The number of rotatable bonds is 9. The second-order valence-corrected chi connectivity index (χ2v) is 6.29. The molecule has 0 radical (unpaired) electrons. The standard InChI is InChI=1S/C16H23NO3S/c1-12(16(19)20)7-6-8-13(2)17-15(18)11-21-14-9-4-3-5-10-14/h3-5,9-10,12-13H,6-8,11H2,1-2H3,(H,17,18)(H,19,20). The highest BCUT2D eigenvalue weighted by molar-refractivity contribution is 8.00. The van der Waals surface area contributed by atoms with E-state index in [0.29, 0.717) is 12.2 Å². The van der Waals surface area contributed by atoms with Gasteiger partial charge in [-0.25, -0.2) is 0 Å². The zero-order valence-electron chi connectivity index (χ0n) is 12.5. The normalized spacial score (nSPS) is 13.4. The molecule has 0 heterocycles. The monoisotopic (exact) mass is 309 g/mol. The molecule has 116 valence electrons. The Bertz CT molecular complexity index is 450. The van der Waals surface area contributed by atoms with E-state index in [1.807, 2.05) is 37.3 Å². The average molecular weight is 309 g/mol. The van der Waals surface area contributed by atoms with Gasteiger partial charge in [-0.1, -0.05) is 31.5 Å². The van der Waals surface area contributed by atoms with E-state index in [1.165, 1.54) is 11.8 Å². The number of carbonyl (C=O) groups is 2. The molecule has 5 heteroatoms. The van der Waals surface area contributed by atoms with Crippen LogP contribution in [-0.2, 0) is 9.59 Å². The number of amides is 1. The molecule has 0 aliphatic carbocycles. The van der Waals surface area contributed by atoms with Crippen molar-refractivity contribution in [2.45, 2.75) is 44.0 Å². The van der Waals surface area contributed by atoms with Crippen LogP contribution in [0.1, 0.15) is 33.1 Å². The first-order valence-corrected chi connectivity index (χ1v) is 8.17. The summed E-state index contributed by atoms with van der Waals surface area (Å²) < 4.78 is 0. The summed E-state index contributed by atoms with van der Waals surface area (Å²) in [5, 5.41) is 11.7. The maximum atomic E-state index is 11.8. The van der Waals surface area contributed by atoms with Gasteiger partial charge in [0.15, 0.2) is 0 Å². The second kappa shape index (κ2) is 9.45. The molecule has 2 atom stereocenters. The molecular formula is C16H23NO3S. The number of benzene rings is 1. The van der Waals surface area contributed by atoms with E-state index < -0.39 is 5.97 Å². The predicted octanol–water partition coefficient (Wildman–Crippen LogP) is 3.17. The lowest BCUT2D eigenvalue weighted by atomic mass is 10.0. The Morgan fingerprint density at radius 2 is 1.86 bits per heavy atom. The highest BCUT2D eigenvalue weighted by Gasteiger charge is 2.12. The molecule has 1 aromatic rings. The van der Waals surface area contributed by atoms with Crippen LogP contribution in [0.5, 0.6) is 0 Å². The molecule has 0 fully saturated rings. The fourth-order valence-electron chi connectivity index (χ4n) is 1.91. The largest absolute Gasteiger partial charge is 0.481 e. The van der Waals surface area contributed by atoms with E-state index in [9.17, 15) is 9.59 Å². The van der Waals surface area contributed by atoms with Crippen LogP contribution < -0.4 is 5.32 Å². The van der Waals surface area contributed by atoms with Crippen LogP contribution in [0.3, 0.4) is 0 Å². The van der Waals surface area contributed by atoms with Gasteiger partial charge in [0, 0.05) is 10.9 Å². The molecule has 1 amide bonds. The summed E-state index contributed by atoms with van der Waals surface area (Å²) in [5.41, 5.74) is 0. The fourth-order valence-corrected chi connectivity index (χ4v) is 2.64. The van der Waals surface area contributed by atoms with Crippen molar-refractivity contribution in [2.24, 2.45) is 5.92 Å². The van der Waals surface area contributed by atoms with Crippen LogP contribution in [0, 0.1) is 5.92 Å². The number of hydrogen-bond donors (Lipinski definition) is 2. The highest BCUT2D eigenvalue weighted by atomic mass is 32.2. The summed E-state index contributed by atoms with van der Waals surface area (Å²) in [6.45, 7) is 3.67. The molecule has 2 N–H and O–H groups in total. The molecule has 0 aromatic heterocycles. The Kier molecular flexibility index (Phi) is 7.90. The zero-order valence-corrected chi connectivity index (χ0v) is 13.4. The van der Waals surface area contributed by atoms with Crippen LogP contribution in [0.15, 0.2) is 35.2 Å². The van der Waals surface area contributed by atoms with Crippen LogP contribution >= 0.6 is 11.8 Å². The van der Waals surface area contributed by atoms with Crippen molar-refractivity contribution < 1.29 is 14.7 Å². The van der Waals surface area contributed by atoms with Crippen molar-refractivity contribution in [1.82, 2.24) is 5.32 Å². The van der Waals surface area contributed by atoms with Gasteiger partial charge in [-0.3, -0.25) is 9.59 Å². The van der Waals surface area contributed by atoms with E-state index in [0.717, 1.165) is 17.7 Å². The van der Waals surface area contributed by atoms with Gasteiger partial charge in [0.25, 0.3) is 0 Å². The van der Waals surface area contributed by atoms with Gasteiger partial charge in [0.2, 0.25) is 5.91 Å². The van der Waals surface area contributed by atoms with E-state index in [1.54, 1.807) is 6.92 Å². The maximum absolute atomic E-state index is 11.8. The Hall–Kier alpha value is -1.49. The SMILES string of the molecule is CC(CCCC(C)C(=O)O)NC(=O)CSc1ccccc1. The minimum absolute atomic E-state index is 0.0163. The Balaban J connectivity index is 2.17. The number of thioether (sulfide) groups is 1. The third-order valence-corrected chi connectivity index (χ3v) is 4.23. The quantitative estimate of drug-likeness (QED) is 0.688. The molecule has 21 heavy (non-hydrogen) atoms. The number of carboxylic acid groups (broad SMARTS) is 1. The van der Waals surface area contributed by atoms with Gasteiger partial charge in [-0.2, -0.15) is 0 Å². The summed E-state index contributed by atoms with van der Waals surface area (Å²) in [4.78, 5) is 23.6. The van der Waals surface area contributed by atoms with E-state index in [2.05, 4.69) is 5.32 Å². The van der Waals surface area contributed by atoms with Crippen molar-refractivity contribution >= 4 is 23.6 Å². The third kappa shape index (κ3) is 7.75. The fraction of sp³-hybridized carbons (Fsp3) is 0.500. The Morgan fingerprint density at radius 1 is 1.19 bits per heavy atom. The van der Waals surface area contributed by atoms with Crippen LogP contribution in [0.4, 0.5) is 0 Å². The number of aliphatic carboxylic acids is 1. The van der Waals surface area contributed by atoms with E-state index in [4.69, 9.17) is 5.11 Å². The molecule has 0 aliphatic rings. The van der Waals surface area contributed by atoms with Gasteiger partial charge in [0.05, 0.1) is 11.7 Å². The minimum atomic E-state index is -0.758. The first kappa shape index (κ1) is 17.6. The molecule has 0 bridgehead atoms. The lowest BCUT2D eigenvalue weighted by Gasteiger charge is -2.14. The predicted molar refractivity (Wildman–Crippen MR) is 85.4 cm³/mol. The molecule has 0 saturated heterocycles. The minimum Gasteiger partial charge on any atom is -0.481 e. The van der Waals surface area contributed by atoms with Gasteiger partial charge in [-0.05, 0) is 31.9 Å².